The maximum absolute atomic E-state index is 6.41. The van der Waals surface area contributed by atoms with Gasteiger partial charge in [-0.2, -0.15) is 0 Å². The number of para-hydroxylation sites is 1. The van der Waals surface area contributed by atoms with Crippen LogP contribution in [0.3, 0.4) is 0 Å². The molecule has 0 fully saturated rings. The highest BCUT2D eigenvalue weighted by Gasteiger charge is 2.28. The van der Waals surface area contributed by atoms with Gasteiger partial charge in [0.05, 0.1) is 16.1 Å². The molecule has 1 aliphatic heterocycles. The van der Waals surface area contributed by atoms with Gasteiger partial charge in [-0.3, -0.25) is 4.90 Å². The fourth-order valence-corrected chi connectivity index (χ4v) is 4.75. The third kappa shape index (κ3) is 4.56. The van der Waals surface area contributed by atoms with Crippen LogP contribution in [0.5, 0.6) is 11.5 Å². The van der Waals surface area contributed by atoms with Crippen LogP contribution in [-0.2, 0) is 13.1 Å². The minimum absolute atomic E-state index is 0.0981. The molecule has 0 radical (unpaired) electrons. The second-order valence-electron chi connectivity index (χ2n) is 8.09. The lowest BCUT2D eigenvalue weighted by Crippen LogP contribution is -2.29. The molecule has 0 N–H and O–H groups in total. The molecule has 1 atom stereocenters. The lowest BCUT2D eigenvalue weighted by molar-refractivity contribution is 0.220. The van der Waals surface area contributed by atoms with E-state index in [1.165, 1.54) is 11.3 Å². The fraction of sp³-hybridized carbons (Fsp3) is 0.185. The van der Waals surface area contributed by atoms with Gasteiger partial charge >= 0.3 is 0 Å². The Morgan fingerprint density at radius 1 is 0.781 bits per heavy atom. The summed E-state index contributed by atoms with van der Waals surface area (Å²) in [6, 6.07) is 28.6. The van der Waals surface area contributed by atoms with Crippen LogP contribution >= 0.6 is 23.2 Å². The first-order chi connectivity index (χ1) is 15.7. The summed E-state index contributed by atoms with van der Waals surface area (Å²) in [6.45, 7) is 2.80. The topological polar surface area (TPSA) is 17.4 Å². The predicted octanol–water partition coefficient (Wildman–Crippen LogP) is 7.58. The Balaban J connectivity index is 1.46. The van der Waals surface area contributed by atoms with Crippen molar-refractivity contribution in [2.24, 2.45) is 0 Å². The number of hydrogen-bond acceptors (Lipinski definition) is 2. The van der Waals surface area contributed by atoms with Crippen LogP contribution in [0.1, 0.15) is 29.3 Å². The number of ether oxygens (including phenoxy) is 1. The van der Waals surface area contributed by atoms with Crippen molar-refractivity contribution in [1.29, 1.82) is 0 Å². The van der Waals surface area contributed by atoms with Crippen LogP contribution in [0.4, 0.5) is 0 Å². The van der Waals surface area contributed by atoms with Crippen LogP contribution < -0.4 is 4.74 Å². The van der Waals surface area contributed by atoms with Crippen molar-refractivity contribution in [3.63, 3.8) is 0 Å². The molecular weight excluding hydrogens is 439 g/mol. The van der Waals surface area contributed by atoms with E-state index >= 15 is 0 Å². The number of aryl methyl sites for hydroxylation is 1. The number of fused-ring (bicyclic) bond motifs is 1. The molecule has 5 rings (SSSR count). The summed E-state index contributed by atoms with van der Waals surface area (Å²) >= 11 is 12.6. The molecule has 0 aliphatic carbocycles. The highest BCUT2D eigenvalue weighted by Crippen LogP contribution is 2.36. The molecule has 0 saturated carbocycles. The van der Waals surface area contributed by atoms with E-state index in [1.807, 2.05) is 48.5 Å². The third-order valence-corrected chi connectivity index (χ3v) is 6.62. The Bertz CT molecular complexity index is 1210. The fourth-order valence-electron chi connectivity index (χ4n) is 4.44. The van der Waals surface area contributed by atoms with Crippen LogP contribution in [0.15, 0.2) is 91.1 Å². The minimum Gasteiger partial charge on any atom is -0.457 e. The summed E-state index contributed by atoms with van der Waals surface area (Å²) in [6.07, 6.45) is 3.25. The maximum Gasteiger partial charge on any atom is 0.127 e. The van der Waals surface area contributed by atoms with Crippen molar-refractivity contribution >= 4 is 23.2 Å². The smallest absolute Gasteiger partial charge is 0.127 e. The third-order valence-electron chi connectivity index (χ3n) is 5.88. The average Bonchev–Trinajstić information content (AvgIpc) is 3.18. The Hall–Kier alpha value is -2.72. The molecule has 0 unspecified atom stereocenters. The van der Waals surface area contributed by atoms with Crippen molar-refractivity contribution < 1.29 is 4.74 Å². The summed E-state index contributed by atoms with van der Waals surface area (Å²) < 4.78 is 8.41. The SMILES string of the molecule is Clc1ccc([C@@H]2c3cccn3CCCN2Cc2cccc(Oc3ccccc3)c2)cc1Cl. The van der Waals surface area contributed by atoms with Gasteiger partial charge in [-0.05, 0) is 66.1 Å². The molecule has 1 aliphatic rings. The summed E-state index contributed by atoms with van der Waals surface area (Å²) in [4.78, 5) is 2.51. The molecule has 162 valence electrons. The van der Waals surface area contributed by atoms with Gasteiger partial charge in [0.2, 0.25) is 0 Å². The summed E-state index contributed by atoms with van der Waals surface area (Å²) in [5, 5.41) is 1.17. The van der Waals surface area contributed by atoms with Crippen molar-refractivity contribution in [3.05, 3.63) is 118 Å². The standard InChI is InChI=1S/C27H24Cl2N2O/c28-24-13-12-21(18-25(24)29)27-26-11-5-14-30(26)15-6-16-31(27)19-20-7-4-10-23(17-20)32-22-8-2-1-3-9-22/h1-5,7-14,17-18,27H,6,15-16,19H2/t27-/m1/s1. The van der Waals surface area contributed by atoms with Gasteiger partial charge in [0.15, 0.2) is 0 Å². The molecule has 32 heavy (non-hydrogen) atoms. The molecule has 3 aromatic carbocycles. The number of hydrogen-bond donors (Lipinski definition) is 0. The van der Waals surface area contributed by atoms with E-state index < -0.39 is 0 Å². The summed E-state index contributed by atoms with van der Waals surface area (Å²) in [5.41, 5.74) is 3.64. The van der Waals surface area contributed by atoms with Gasteiger partial charge in [0, 0.05) is 31.5 Å². The predicted molar refractivity (Wildman–Crippen MR) is 131 cm³/mol. The van der Waals surface area contributed by atoms with Crippen molar-refractivity contribution in [2.45, 2.75) is 25.6 Å². The van der Waals surface area contributed by atoms with E-state index in [-0.39, 0.29) is 6.04 Å². The van der Waals surface area contributed by atoms with Crippen LogP contribution in [-0.4, -0.2) is 16.0 Å². The first-order valence-electron chi connectivity index (χ1n) is 10.8. The van der Waals surface area contributed by atoms with E-state index in [9.17, 15) is 0 Å². The van der Waals surface area contributed by atoms with Gasteiger partial charge in [-0.1, -0.05) is 59.6 Å². The molecule has 0 spiro atoms. The first-order valence-corrected chi connectivity index (χ1v) is 11.6. The van der Waals surface area contributed by atoms with Crippen molar-refractivity contribution in [3.8, 4) is 11.5 Å². The highest BCUT2D eigenvalue weighted by molar-refractivity contribution is 6.42. The molecule has 0 bridgehead atoms. The number of aromatic nitrogens is 1. The highest BCUT2D eigenvalue weighted by atomic mass is 35.5. The van der Waals surface area contributed by atoms with E-state index in [0.717, 1.165) is 43.1 Å². The minimum atomic E-state index is 0.0981. The average molecular weight is 463 g/mol. The molecule has 1 aromatic heterocycles. The van der Waals surface area contributed by atoms with Crippen LogP contribution in [0.25, 0.3) is 0 Å². The molecule has 0 amide bonds. The monoisotopic (exact) mass is 462 g/mol. The van der Waals surface area contributed by atoms with Gasteiger partial charge in [-0.25, -0.2) is 0 Å². The van der Waals surface area contributed by atoms with Crippen molar-refractivity contribution in [2.75, 3.05) is 6.54 Å². The van der Waals surface area contributed by atoms with E-state index in [2.05, 4.69) is 52.1 Å². The molecule has 2 heterocycles. The normalized spacial score (nSPS) is 16.4. The van der Waals surface area contributed by atoms with Crippen LogP contribution in [0, 0.1) is 0 Å². The Kier molecular flexibility index (Phi) is 6.22. The van der Waals surface area contributed by atoms with Crippen molar-refractivity contribution in [1.82, 2.24) is 9.47 Å². The Morgan fingerprint density at radius 3 is 2.47 bits per heavy atom. The second-order valence-corrected chi connectivity index (χ2v) is 8.90. The molecule has 0 saturated heterocycles. The number of benzene rings is 3. The lowest BCUT2D eigenvalue weighted by atomic mass is 10.0. The van der Waals surface area contributed by atoms with E-state index in [1.54, 1.807) is 0 Å². The molecular formula is C27H24Cl2N2O. The van der Waals surface area contributed by atoms with E-state index in [4.69, 9.17) is 27.9 Å². The van der Waals surface area contributed by atoms with Gasteiger partial charge in [0.1, 0.15) is 11.5 Å². The lowest BCUT2D eigenvalue weighted by Gasteiger charge is -2.31. The van der Waals surface area contributed by atoms with E-state index in [0.29, 0.717) is 10.0 Å². The zero-order chi connectivity index (χ0) is 21.9. The first kappa shape index (κ1) is 21.1. The largest absolute Gasteiger partial charge is 0.457 e. The Morgan fingerprint density at radius 2 is 1.62 bits per heavy atom. The van der Waals surface area contributed by atoms with Crippen LogP contribution in [0.2, 0.25) is 10.0 Å². The maximum atomic E-state index is 6.41. The summed E-state index contributed by atoms with van der Waals surface area (Å²) in [7, 11) is 0. The summed E-state index contributed by atoms with van der Waals surface area (Å²) in [5.74, 6) is 1.68. The quantitative estimate of drug-likeness (QED) is 0.304. The number of nitrogens with zero attached hydrogens (tertiary/aromatic N) is 2. The molecule has 5 heteroatoms. The number of halogens is 2. The van der Waals surface area contributed by atoms with Gasteiger partial charge in [0.25, 0.3) is 0 Å². The van der Waals surface area contributed by atoms with Gasteiger partial charge in [-0.15, -0.1) is 0 Å². The number of rotatable bonds is 5. The van der Waals surface area contributed by atoms with Gasteiger partial charge < -0.3 is 9.30 Å². The zero-order valence-electron chi connectivity index (χ0n) is 17.6. The Labute approximate surface area is 198 Å². The second kappa shape index (κ2) is 9.41. The molecule has 4 aromatic rings. The molecule has 3 nitrogen and oxygen atoms in total. The zero-order valence-corrected chi connectivity index (χ0v) is 19.1.